The fourth-order valence-corrected chi connectivity index (χ4v) is 8.13. The monoisotopic (exact) mass is 490 g/mol. The lowest BCUT2D eigenvalue weighted by Crippen LogP contribution is -2.64. The van der Waals surface area contributed by atoms with Crippen LogP contribution >= 0.6 is 11.6 Å². The van der Waals surface area contributed by atoms with Crippen LogP contribution in [0.1, 0.15) is 53.9 Å². The van der Waals surface area contributed by atoms with Crippen LogP contribution in [0.5, 0.6) is 0 Å². The van der Waals surface area contributed by atoms with Crippen LogP contribution in [0.25, 0.3) is 0 Å². The van der Waals surface area contributed by atoms with Crippen LogP contribution in [0.4, 0.5) is 0 Å². The molecule has 8 heteroatoms. The zero-order chi connectivity index (χ0) is 25.2. The first-order valence-electron chi connectivity index (χ1n) is 11.7. The summed E-state index contributed by atoms with van der Waals surface area (Å²) in [5, 5.41) is -0.416. The Morgan fingerprint density at radius 1 is 1.15 bits per heavy atom. The lowest BCUT2D eigenvalue weighted by molar-refractivity contribution is -0.196. The average Bonchev–Trinajstić information content (AvgIpc) is 2.94. The Balaban J connectivity index is 1.82. The SMILES string of the molecule is CC(=O)OCC(=O)[C@]1(OC(C)=O)[C@H](C)C[C@H]2[C@@H]3[C@H](Cl)CC4=CC(=O)C=C[C@]4(C)[C@H]3C(=O)C[C@@]21C. The quantitative estimate of drug-likeness (QED) is 0.439. The van der Waals surface area contributed by atoms with Gasteiger partial charge in [-0.25, -0.2) is 0 Å². The summed E-state index contributed by atoms with van der Waals surface area (Å²) < 4.78 is 10.8. The molecule has 0 aromatic heterocycles. The van der Waals surface area contributed by atoms with E-state index in [1.807, 2.05) is 26.8 Å². The minimum Gasteiger partial charge on any atom is -0.458 e. The van der Waals surface area contributed by atoms with E-state index in [-0.39, 0.29) is 29.8 Å². The van der Waals surface area contributed by atoms with Crippen molar-refractivity contribution in [2.24, 2.45) is 34.5 Å². The van der Waals surface area contributed by atoms with E-state index < -0.39 is 58.0 Å². The third kappa shape index (κ3) is 3.34. The summed E-state index contributed by atoms with van der Waals surface area (Å²) in [5.41, 5.74) is -2.38. The molecule has 0 unspecified atom stereocenters. The molecular formula is C26H31ClO7. The number of ether oxygens (including phenoxy) is 2. The standard InChI is InChI=1S/C26H31ClO7/c1-13-8-18-22-19(27)10-16-9-17(30)6-7-24(16,4)23(22)20(31)11-25(18,5)26(13,34-15(3)29)21(32)12-33-14(2)28/h6-7,9,13,18-19,22-23H,8,10-12H2,1-5H3/t13-,18+,19-,22-,23+,24+,25+,26-/m1/s1. The molecule has 0 spiro atoms. The van der Waals surface area contributed by atoms with Gasteiger partial charge < -0.3 is 9.47 Å². The van der Waals surface area contributed by atoms with Crippen LogP contribution in [-0.4, -0.2) is 46.9 Å². The maximum Gasteiger partial charge on any atom is 0.303 e. The average molecular weight is 491 g/mol. The van der Waals surface area contributed by atoms with Gasteiger partial charge in [0.15, 0.2) is 18.0 Å². The number of halogens is 1. The normalized spacial score (nSPS) is 42.8. The summed E-state index contributed by atoms with van der Waals surface area (Å²) >= 11 is 6.95. The smallest absolute Gasteiger partial charge is 0.303 e. The predicted molar refractivity (Wildman–Crippen MR) is 123 cm³/mol. The van der Waals surface area contributed by atoms with E-state index >= 15 is 0 Å². The first-order valence-corrected chi connectivity index (χ1v) is 12.2. The minimum absolute atomic E-state index is 0.0243. The van der Waals surface area contributed by atoms with E-state index in [4.69, 9.17) is 21.1 Å². The Morgan fingerprint density at radius 2 is 1.82 bits per heavy atom. The molecule has 0 amide bonds. The van der Waals surface area contributed by atoms with Crippen molar-refractivity contribution in [2.45, 2.75) is 64.9 Å². The molecule has 0 saturated heterocycles. The van der Waals surface area contributed by atoms with Crippen molar-refractivity contribution in [1.82, 2.24) is 0 Å². The molecule has 0 aromatic rings. The molecule has 4 rings (SSSR count). The summed E-state index contributed by atoms with van der Waals surface area (Å²) in [6.07, 6.45) is 5.96. The van der Waals surface area contributed by atoms with Gasteiger partial charge in [0.05, 0.1) is 0 Å². The fourth-order valence-electron chi connectivity index (χ4n) is 7.64. The predicted octanol–water partition coefficient (Wildman–Crippen LogP) is 3.37. The Labute approximate surface area is 204 Å². The Morgan fingerprint density at radius 3 is 2.44 bits per heavy atom. The second-order valence-electron chi connectivity index (χ2n) is 10.8. The van der Waals surface area contributed by atoms with Crippen molar-refractivity contribution in [1.29, 1.82) is 0 Å². The topological polar surface area (TPSA) is 104 Å². The van der Waals surface area contributed by atoms with E-state index in [0.717, 1.165) is 5.57 Å². The van der Waals surface area contributed by atoms with Gasteiger partial charge >= 0.3 is 11.9 Å². The van der Waals surface area contributed by atoms with E-state index in [1.54, 1.807) is 6.08 Å². The van der Waals surface area contributed by atoms with Gasteiger partial charge in [-0.1, -0.05) is 32.4 Å². The zero-order valence-electron chi connectivity index (χ0n) is 20.2. The first-order chi connectivity index (χ1) is 15.8. The largest absolute Gasteiger partial charge is 0.458 e. The highest BCUT2D eigenvalue weighted by atomic mass is 35.5. The maximum atomic E-state index is 13.9. The van der Waals surface area contributed by atoms with Crippen molar-refractivity contribution in [3.8, 4) is 0 Å². The molecule has 34 heavy (non-hydrogen) atoms. The van der Waals surface area contributed by atoms with Crippen LogP contribution in [0.2, 0.25) is 0 Å². The van der Waals surface area contributed by atoms with Crippen molar-refractivity contribution < 1.29 is 33.4 Å². The van der Waals surface area contributed by atoms with Crippen molar-refractivity contribution in [3.05, 3.63) is 23.8 Å². The fraction of sp³-hybridized carbons (Fsp3) is 0.654. The Kier molecular flexibility index (Phi) is 5.95. The number of hydrogen-bond acceptors (Lipinski definition) is 7. The molecule has 0 bridgehead atoms. The van der Waals surface area contributed by atoms with E-state index in [0.29, 0.717) is 12.8 Å². The van der Waals surface area contributed by atoms with Crippen molar-refractivity contribution in [3.63, 3.8) is 0 Å². The molecule has 7 nitrogen and oxygen atoms in total. The first kappa shape index (κ1) is 24.8. The molecule has 0 radical (unpaired) electrons. The second kappa shape index (κ2) is 8.14. The molecule has 0 N–H and O–H groups in total. The number of rotatable bonds is 4. The molecule has 3 fully saturated rings. The third-order valence-electron chi connectivity index (χ3n) is 8.91. The highest BCUT2D eigenvalue weighted by Gasteiger charge is 2.74. The number of Topliss-reactive ketones (excluding diaryl/α,β-unsaturated/α-hetero) is 2. The molecule has 184 valence electrons. The molecule has 4 aliphatic carbocycles. The molecule has 8 atom stereocenters. The molecule has 0 aromatic carbocycles. The van der Waals surface area contributed by atoms with Crippen LogP contribution in [0.15, 0.2) is 23.8 Å². The van der Waals surface area contributed by atoms with Gasteiger partial charge in [-0.3, -0.25) is 24.0 Å². The van der Waals surface area contributed by atoms with Gasteiger partial charge in [0, 0.05) is 48.3 Å². The maximum absolute atomic E-state index is 13.9. The molecule has 0 heterocycles. The number of esters is 2. The number of ketones is 3. The van der Waals surface area contributed by atoms with Crippen LogP contribution in [-0.2, 0) is 33.4 Å². The number of hydrogen-bond donors (Lipinski definition) is 0. The zero-order valence-corrected chi connectivity index (χ0v) is 20.9. The van der Waals surface area contributed by atoms with E-state index in [9.17, 15) is 24.0 Å². The third-order valence-corrected chi connectivity index (χ3v) is 9.36. The second-order valence-corrected chi connectivity index (χ2v) is 11.4. The van der Waals surface area contributed by atoms with Crippen molar-refractivity contribution >= 4 is 40.9 Å². The molecule has 3 saturated carbocycles. The summed E-state index contributed by atoms with van der Waals surface area (Å²) in [6.45, 7) is 7.57. The number of carbonyl (C=O) groups excluding carboxylic acids is 5. The highest BCUT2D eigenvalue weighted by Crippen LogP contribution is 2.68. The summed E-state index contributed by atoms with van der Waals surface area (Å²) in [5.74, 6) is -3.23. The van der Waals surface area contributed by atoms with Gasteiger partial charge in [-0.2, -0.15) is 0 Å². The van der Waals surface area contributed by atoms with Gasteiger partial charge in [0.1, 0.15) is 5.78 Å². The van der Waals surface area contributed by atoms with Gasteiger partial charge in [0.2, 0.25) is 5.78 Å². The number of alkyl halides is 1. The van der Waals surface area contributed by atoms with Crippen LogP contribution in [0, 0.1) is 34.5 Å². The number of allylic oxidation sites excluding steroid dienone is 4. The minimum atomic E-state index is -1.61. The van der Waals surface area contributed by atoms with Crippen LogP contribution < -0.4 is 0 Å². The van der Waals surface area contributed by atoms with Crippen molar-refractivity contribution in [2.75, 3.05) is 6.61 Å². The summed E-state index contributed by atoms with van der Waals surface area (Å²) in [7, 11) is 0. The lowest BCUT2D eigenvalue weighted by Gasteiger charge is -2.58. The number of fused-ring (bicyclic) bond motifs is 5. The van der Waals surface area contributed by atoms with E-state index in [1.165, 1.54) is 19.9 Å². The molecular weight excluding hydrogens is 460 g/mol. The summed E-state index contributed by atoms with van der Waals surface area (Å²) in [4.78, 5) is 63.2. The summed E-state index contributed by atoms with van der Waals surface area (Å²) in [6, 6.07) is 0. The molecule has 4 aliphatic rings. The van der Waals surface area contributed by atoms with Gasteiger partial charge in [-0.05, 0) is 36.8 Å². The van der Waals surface area contributed by atoms with Gasteiger partial charge in [-0.15, -0.1) is 11.6 Å². The lowest BCUT2D eigenvalue weighted by atomic mass is 9.46. The van der Waals surface area contributed by atoms with E-state index in [2.05, 4.69) is 0 Å². The number of carbonyl (C=O) groups is 5. The molecule has 0 aliphatic heterocycles. The Hall–Kier alpha value is -2.28. The highest BCUT2D eigenvalue weighted by molar-refractivity contribution is 6.21. The van der Waals surface area contributed by atoms with Gasteiger partial charge in [0.25, 0.3) is 0 Å². The Bertz CT molecular complexity index is 1040. The van der Waals surface area contributed by atoms with Crippen LogP contribution in [0.3, 0.4) is 0 Å².